The van der Waals surface area contributed by atoms with Crippen molar-refractivity contribution >= 4 is 11.6 Å². The molecular formula is C11H15F3N4O3. The van der Waals surface area contributed by atoms with Crippen molar-refractivity contribution in [1.82, 2.24) is 9.97 Å². The molecule has 1 N–H and O–H groups in total. The van der Waals surface area contributed by atoms with Gasteiger partial charge in [0, 0.05) is 6.54 Å². The molecule has 0 radical (unpaired) electrons. The number of alkyl halides is 3. The third-order valence-corrected chi connectivity index (χ3v) is 2.49. The molecule has 1 unspecified atom stereocenters. The molecule has 0 aliphatic rings. The van der Waals surface area contributed by atoms with Crippen LogP contribution >= 0.6 is 0 Å². The van der Waals surface area contributed by atoms with Gasteiger partial charge < -0.3 is 10.1 Å². The van der Waals surface area contributed by atoms with Gasteiger partial charge in [-0.05, 0) is 20.3 Å². The highest BCUT2D eigenvalue weighted by atomic mass is 19.4. The fraction of sp³-hybridized carbons (Fsp3) is 0.636. The second-order valence-electron chi connectivity index (χ2n) is 4.27. The van der Waals surface area contributed by atoms with Crippen LogP contribution in [-0.2, 0) is 0 Å². The summed E-state index contributed by atoms with van der Waals surface area (Å²) in [6.07, 6.45) is -6.14. The maximum Gasteiger partial charge on any atom is 0.425 e. The lowest BCUT2D eigenvalue weighted by Gasteiger charge is -2.17. The molecule has 21 heavy (non-hydrogen) atoms. The Morgan fingerprint density at radius 2 is 2.05 bits per heavy atom. The predicted octanol–water partition coefficient (Wildman–Crippen LogP) is 2.84. The molecule has 7 nitrogen and oxygen atoms in total. The number of hydrogen-bond donors (Lipinski definition) is 1. The molecule has 1 atom stereocenters. The Bertz CT molecular complexity index is 522. The Hall–Kier alpha value is -2.13. The van der Waals surface area contributed by atoms with Crippen molar-refractivity contribution in [3.8, 4) is 5.88 Å². The zero-order valence-electron chi connectivity index (χ0n) is 11.7. The molecule has 0 aliphatic carbocycles. The summed E-state index contributed by atoms with van der Waals surface area (Å²) in [5, 5.41) is 13.7. The first kappa shape index (κ1) is 16.9. The van der Waals surface area contributed by atoms with Crippen LogP contribution in [0.4, 0.5) is 24.8 Å². The monoisotopic (exact) mass is 308 g/mol. The van der Waals surface area contributed by atoms with Crippen molar-refractivity contribution in [1.29, 1.82) is 0 Å². The number of nitrogens with zero attached hydrogens (tertiary/aromatic N) is 3. The third-order valence-electron chi connectivity index (χ3n) is 2.49. The van der Waals surface area contributed by atoms with E-state index in [4.69, 9.17) is 0 Å². The molecule has 118 valence electrons. The van der Waals surface area contributed by atoms with E-state index in [-0.39, 0.29) is 11.6 Å². The number of rotatable bonds is 6. The van der Waals surface area contributed by atoms with Gasteiger partial charge in [0.25, 0.3) is 5.88 Å². The number of halogens is 3. The topological polar surface area (TPSA) is 90.2 Å². The minimum atomic E-state index is -4.65. The van der Waals surface area contributed by atoms with Gasteiger partial charge in [-0.3, -0.25) is 10.1 Å². The highest BCUT2D eigenvalue weighted by Gasteiger charge is 2.40. The van der Waals surface area contributed by atoms with E-state index >= 15 is 0 Å². The van der Waals surface area contributed by atoms with E-state index in [1.807, 2.05) is 6.92 Å². The van der Waals surface area contributed by atoms with Crippen molar-refractivity contribution in [2.45, 2.75) is 39.5 Å². The molecule has 1 rings (SSSR count). The lowest BCUT2D eigenvalue weighted by molar-refractivity contribution is -0.387. The van der Waals surface area contributed by atoms with E-state index in [2.05, 4.69) is 20.0 Å². The van der Waals surface area contributed by atoms with Crippen molar-refractivity contribution in [2.24, 2.45) is 0 Å². The first-order valence-electron chi connectivity index (χ1n) is 6.17. The molecule has 0 saturated carbocycles. The zero-order chi connectivity index (χ0) is 16.2. The van der Waals surface area contributed by atoms with Gasteiger partial charge in [-0.2, -0.15) is 18.2 Å². The number of nitrogens with one attached hydrogen (secondary N) is 1. The molecule has 0 aromatic carbocycles. The van der Waals surface area contributed by atoms with Crippen LogP contribution in [0.1, 0.15) is 26.0 Å². The smallest absolute Gasteiger partial charge is 0.425 e. The molecule has 1 aromatic rings. The van der Waals surface area contributed by atoms with Gasteiger partial charge in [0.1, 0.15) is 5.69 Å². The van der Waals surface area contributed by atoms with Crippen LogP contribution in [0.2, 0.25) is 0 Å². The quantitative estimate of drug-likeness (QED) is 0.642. The number of aryl methyl sites for hydroxylation is 1. The summed E-state index contributed by atoms with van der Waals surface area (Å²) >= 11 is 0. The minimum absolute atomic E-state index is 0.00988. The maximum atomic E-state index is 12.5. The summed E-state index contributed by atoms with van der Waals surface area (Å²) in [6.45, 7) is 4.41. The van der Waals surface area contributed by atoms with Crippen LogP contribution in [0.3, 0.4) is 0 Å². The summed E-state index contributed by atoms with van der Waals surface area (Å²) in [5.74, 6) is -0.708. The number of hydrogen-bond acceptors (Lipinski definition) is 6. The second kappa shape index (κ2) is 6.55. The molecule has 0 amide bonds. The molecule has 0 spiro atoms. The fourth-order valence-electron chi connectivity index (χ4n) is 1.38. The standard InChI is InChI=1S/C11H15F3N4O3/c1-4-5-15-10-16-6(2)8(18(19)20)9(17-10)21-7(3)11(12,13)14/h7H,4-5H2,1-3H3,(H,15,16,17). The van der Waals surface area contributed by atoms with Crippen molar-refractivity contribution in [3.05, 3.63) is 15.8 Å². The van der Waals surface area contributed by atoms with Crippen LogP contribution in [0.5, 0.6) is 5.88 Å². The Kier molecular flexibility index (Phi) is 5.28. The van der Waals surface area contributed by atoms with Crippen LogP contribution in [0.25, 0.3) is 0 Å². The second-order valence-corrected chi connectivity index (χ2v) is 4.27. The molecule has 10 heteroatoms. The van der Waals surface area contributed by atoms with E-state index in [0.29, 0.717) is 6.54 Å². The van der Waals surface area contributed by atoms with Crippen LogP contribution in [0.15, 0.2) is 0 Å². The fourth-order valence-corrected chi connectivity index (χ4v) is 1.38. The number of ether oxygens (including phenoxy) is 1. The van der Waals surface area contributed by atoms with E-state index in [1.165, 1.54) is 6.92 Å². The first-order valence-corrected chi connectivity index (χ1v) is 6.17. The molecule has 0 aliphatic heterocycles. The normalized spacial score (nSPS) is 12.9. The Balaban J connectivity index is 3.18. The van der Waals surface area contributed by atoms with Crippen molar-refractivity contribution < 1.29 is 22.8 Å². The molecule has 1 aromatic heterocycles. The third kappa shape index (κ3) is 4.43. The summed E-state index contributed by atoms with van der Waals surface area (Å²) in [6, 6.07) is 0. The largest absolute Gasteiger partial charge is 0.460 e. The maximum absolute atomic E-state index is 12.5. The van der Waals surface area contributed by atoms with E-state index < -0.39 is 28.8 Å². The zero-order valence-corrected chi connectivity index (χ0v) is 11.7. The lowest BCUT2D eigenvalue weighted by Crippen LogP contribution is -2.32. The number of nitro groups is 1. The van der Waals surface area contributed by atoms with E-state index in [0.717, 1.165) is 13.3 Å². The van der Waals surface area contributed by atoms with Gasteiger partial charge >= 0.3 is 11.9 Å². The predicted molar refractivity (Wildman–Crippen MR) is 68.3 cm³/mol. The van der Waals surface area contributed by atoms with Crippen LogP contribution in [0, 0.1) is 17.0 Å². The highest BCUT2D eigenvalue weighted by molar-refractivity contribution is 5.48. The van der Waals surface area contributed by atoms with Gasteiger partial charge in [0.2, 0.25) is 5.95 Å². The van der Waals surface area contributed by atoms with E-state index in [9.17, 15) is 23.3 Å². The summed E-state index contributed by atoms with van der Waals surface area (Å²) in [7, 11) is 0. The first-order chi connectivity index (χ1) is 9.66. The molecule has 0 saturated heterocycles. The van der Waals surface area contributed by atoms with Crippen LogP contribution < -0.4 is 10.1 Å². The molecule has 1 heterocycles. The highest BCUT2D eigenvalue weighted by Crippen LogP contribution is 2.32. The average Bonchev–Trinajstić information content (AvgIpc) is 2.34. The SMILES string of the molecule is CCCNc1nc(C)c([N+](=O)[O-])c(OC(C)C(F)(F)F)n1. The van der Waals surface area contributed by atoms with Crippen molar-refractivity contribution in [3.63, 3.8) is 0 Å². The Morgan fingerprint density at radius 1 is 1.43 bits per heavy atom. The Labute approximate surface area is 118 Å². The summed E-state index contributed by atoms with van der Waals surface area (Å²) < 4.78 is 42.2. The molecule has 0 fully saturated rings. The van der Waals surface area contributed by atoms with E-state index in [1.54, 1.807) is 0 Å². The minimum Gasteiger partial charge on any atom is -0.460 e. The Morgan fingerprint density at radius 3 is 2.52 bits per heavy atom. The van der Waals surface area contributed by atoms with Gasteiger partial charge in [-0.25, -0.2) is 4.98 Å². The number of anilines is 1. The van der Waals surface area contributed by atoms with Gasteiger partial charge in [0.05, 0.1) is 4.92 Å². The van der Waals surface area contributed by atoms with Crippen molar-refractivity contribution in [2.75, 3.05) is 11.9 Å². The van der Waals surface area contributed by atoms with Crippen LogP contribution in [-0.4, -0.2) is 33.7 Å². The van der Waals surface area contributed by atoms with Gasteiger partial charge in [-0.15, -0.1) is 0 Å². The van der Waals surface area contributed by atoms with Gasteiger partial charge in [0.15, 0.2) is 6.10 Å². The molecular weight excluding hydrogens is 293 g/mol. The summed E-state index contributed by atoms with van der Waals surface area (Å²) in [5.41, 5.74) is -0.744. The lowest BCUT2D eigenvalue weighted by atomic mass is 10.3. The average molecular weight is 308 g/mol. The summed E-state index contributed by atoms with van der Waals surface area (Å²) in [4.78, 5) is 17.6. The molecule has 0 bridgehead atoms. The van der Waals surface area contributed by atoms with Gasteiger partial charge in [-0.1, -0.05) is 6.92 Å². The number of aromatic nitrogens is 2.